The van der Waals surface area contributed by atoms with E-state index in [0.717, 1.165) is 12.5 Å². The average molecular weight is 199 g/mol. The molecular formula is C10H11F2NO. The molecule has 1 aliphatic rings. The molecule has 0 bridgehead atoms. The Labute approximate surface area is 80.4 Å². The van der Waals surface area contributed by atoms with Gasteiger partial charge in [-0.05, 0) is 19.3 Å². The number of fused-ring (bicyclic) bond motifs is 1. The van der Waals surface area contributed by atoms with E-state index in [2.05, 4.69) is 0 Å². The molecule has 1 unspecified atom stereocenters. The second kappa shape index (κ2) is 3.20. The Balaban J connectivity index is 2.67. The summed E-state index contributed by atoms with van der Waals surface area (Å²) in [4.78, 5) is 0. The van der Waals surface area contributed by atoms with Crippen molar-refractivity contribution in [2.24, 2.45) is 5.73 Å². The number of nitrogens with two attached hydrogens (primary N) is 1. The SMILES string of the molecule is NC1CCCc2c(O)cc(F)c(F)c21. The second-order valence-corrected chi connectivity index (χ2v) is 3.58. The predicted octanol–water partition coefficient (Wildman–Crippen LogP) is 2.01. The molecule has 0 amide bonds. The fraction of sp³-hybridized carbons (Fsp3) is 0.400. The Morgan fingerprint density at radius 1 is 1.43 bits per heavy atom. The van der Waals surface area contributed by atoms with Crippen LogP contribution < -0.4 is 5.73 Å². The molecule has 0 aliphatic heterocycles. The standard InChI is InChI=1S/C10H11F2NO/c11-6-4-8(14)5-2-1-3-7(13)9(5)10(6)12/h4,7,14H,1-3,13H2. The van der Waals surface area contributed by atoms with E-state index >= 15 is 0 Å². The largest absolute Gasteiger partial charge is 0.508 e. The second-order valence-electron chi connectivity index (χ2n) is 3.58. The summed E-state index contributed by atoms with van der Waals surface area (Å²) in [5, 5.41) is 9.42. The van der Waals surface area contributed by atoms with Crippen molar-refractivity contribution >= 4 is 0 Å². The third kappa shape index (κ3) is 1.26. The lowest BCUT2D eigenvalue weighted by Crippen LogP contribution is -2.20. The molecule has 3 N–H and O–H groups in total. The van der Waals surface area contributed by atoms with Gasteiger partial charge in [-0.3, -0.25) is 0 Å². The Morgan fingerprint density at radius 3 is 2.86 bits per heavy atom. The quantitative estimate of drug-likeness (QED) is 0.671. The van der Waals surface area contributed by atoms with Crippen molar-refractivity contribution in [1.82, 2.24) is 0 Å². The molecule has 0 saturated heterocycles. The van der Waals surface area contributed by atoms with Crippen molar-refractivity contribution < 1.29 is 13.9 Å². The van der Waals surface area contributed by atoms with Crippen LogP contribution in [0.2, 0.25) is 0 Å². The van der Waals surface area contributed by atoms with Crippen LogP contribution in [0.4, 0.5) is 8.78 Å². The molecule has 0 saturated carbocycles. The normalized spacial score (nSPS) is 20.6. The Bertz CT molecular complexity index is 379. The zero-order valence-corrected chi connectivity index (χ0v) is 7.56. The third-order valence-electron chi connectivity index (χ3n) is 2.66. The van der Waals surface area contributed by atoms with Gasteiger partial charge in [0.2, 0.25) is 0 Å². The lowest BCUT2D eigenvalue weighted by molar-refractivity contribution is 0.420. The van der Waals surface area contributed by atoms with Gasteiger partial charge < -0.3 is 10.8 Å². The molecule has 14 heavy (non-hydrogen) atoms. The number of hydrogen-bond donors (Lipinski definition) is 2. The van der Waals surface area contributed by atoms with Crippen LogP contribution in [0, 0.1) is 11.6 Å². The van der Waals surface area contributed by atoms with Gasteiger partial charge in [-0.25, -0.2) is 8.78 Å². The molecule has 2 rings (SSSR count). The van der Waals surface area contributed by atoms with Crippen molar-refractivity contribution in [2.45, 2.75) is 25.3 Å². The first-order chi connectivity index (χ1) is 6.61. The summed E-state index contributed by atoms with van der Waals surface area (Å²) in [6.45, 7) is 0. The predicted molar refractivity (Wildman–Crippen MR) is 47.9 cm³/mol. The van der Waals surface area contributed by atoms with Crippen LogP contribution in [0.3, 0.4) is 0 Å². The van der Waals surface area contributed by atoms with Crippen molar-refractivity contribution in [3.05, 3.63) is 28.8 Å². The van der Waals surface area contributed by atoms with Gasteiger partial charge in [-0.2, -0.15) is 0 Å². The van der Waals surface area contributed by atoms with Gasteiger partial charge >= 0.3 is 0 Å². The van der Waals surface area contributed by atoms with Gasteiger partial charge in [0.15, 0.2) is 11.6 Å². The van der Waals surface area contributed by atoms with Gasteiger partial charge in [-0.1, -0.05) is 0 Å². The molecule has 1 aromatic rings. The number of hydrogen-bond acceptors (Lipinski definition) is 2. The highest BCUT2D eigenvalue weighted by molar-refractivity contribution is 5.43. The Hall–Kier alpha value is -1.16. The van der Waals surface area contributed by atoms with E-state index < -0.39 is 17.7 Å². The number of halogens is 2. The van der Waals surface area contributed by atoms with Crippen LogP contribution in [0.25, 0.3) is 0 Å². The summed E-state index contributed by atoms with van der Waals surface area (Å²) in [5.74, 6) is -2.13. The molecule has 1 aromatic carbocycles. The minimum Gasteiger partial charge on any atom is -0.508 e. The number of rotatable bonds is 0. The fourth-order valence-electron chi connectivity index (χ4n) is 1.96. The van der Waals surface area contributed by atoms with E-state index in [4.69, 9.17) is 5.73 Å². The highest BCUT2D eigenvalue weighted by atomic mass is 19.2. The lowest BCUT2D eigenvalue weighted by Gasteiger charge is -2.23. The summed E-state index contributed by atoms with van der Waals surface area (Å²) in [6, 6.07) is 0.312. The molecular weight excluding hydrogens is 188 g/mol. The van der Waals surface area contributed by atoms with Crippen LogP contribution in [0.5, 0.6) is 5.75 Å². The van der Waals surface area contributed by atoms with E-state index in [-0.39, 0.29) is 11.3 Å². The summed E-state index contributed by atoms with van der Waals surface area (Å²) < 4.78 is 26.3. The van der Waals surface area contributed by atoms with Crippen molar-refractivity contribution in [3.8, 4) is 5.75 Å². The minimum atomic E-state index is -1.03. The molecule has 0 aromatic heterocycles. The van der Waals surface area contributed by atoms with Gasteiger partial charge in [0.05, 0.1) is 0 Å². The average Bonchev–Trinajstić information content (AvgIpc) is 2.14. The third-order valence-corrected chi connectivity index (χ3v) is 2.66. The highest BCUT2D eigenvalue weighted by Crippen LogP contribution is 2.36. The molecule has 1 aliphatic carbocycles. The van der Waals surface area contributed by atoms with Gasteiger partial charge in [0, 0.05) is 23.2 Å². The number of phenolic OH excluding ortho intramolecular Hbond substituents is 1. The topological polar surface area (TPSA) is 46.2 Å². The number of phenols is 1. The summed E-state index contributed by atoms with van der Waals surface area (Å²) >= 11 is 0. The van der Waals surface area contributed by atoms with Crippen LogP contribution in [-0.2, 0) is 6.42 Å². The van der Waals surface area contributed by atoms with Crippen molar-refractivity contribution in [2.75, 3.05) is 0 Å². The number of benzene rings is 1. The maximum absolute atomic E-state index is 13.3. The van der Waals surface area contributed by atoms with E-state index in [1.165, 1.54) is 0 Å². The van der Waals surface area contributed by atoms with E-state index in [1.807, 2.05) is 0 Å². The van der Waals surface area contributed by atoms with Crippen molar-refractivity contribution in [3.63, 3.8) is 0 Å². The minimum absolute atomic E-state index is 0.147. The molecule has 0 heterocycles. The zero-order chi connectivity index (χ0) is 10.3. The monoisotopic (exact) mass is 199 g/mol. The molecule has 1 atom stereocenters. The molecule has 0 fully saturated rings. The fourth-order valence-corrected chi connectivity index (χ4v) is 1.96. The zero-order valence-electron chi connectivity index (χ0n) is 7.56. The van der Waals surface area contributed by atoms with E-state index in [0.29, 0.717) is 18.4 Å². The van der Waals surface area contributed by atoms with Crippen LogP contribution in [-0.4, -0.2) is 5.11 Å². The van der Waals surface area contributed by atoms with Gasteiger partial charge in [-0.15, -0.1) is 0 Å². The lowest BCUT2D eigenvalue weighted by atomic mass is 9.87. The first kappa shape index (κ1) is 9.40. The summed E-state index contributed by atoms with van der Waals surface area (Å²) in [6.07, 6.45) is 1.99. The first-order valence-electron chi connectivity index (χ1n) is 4.56. The molecule has 4 heteroatoms. The Kier molecular flexibility index (Phi) is 2.15. The highest BCUT2D eigenvalue weighted by Gasteiger charge is 2.25. The summed E-state index contributed by atoms with van der Waals surface area (Å²) in [5.41, 5.74) is 6.27. The summed E-state index contributed by atoms with van der Waals surface area (Å²) in [7, 11) is 0. The van der Waals surface area contributed by atoms with Crippen LogP contribution in [0.15, 0.2) is 6.07 Å². The Morgan fingerprint density at radius 2 is 2.14 bits per heavy atom. The molecule has 0 spiro atoms. The van der Waals surface area contributed by atoms with E-state index in [9.17, 15) is 13.9 Å². The van der Waals surface area contributed by atoms with Crippen LogP contribution in [0.1, 0.15) is 30.0 Å². The smallest absolute Gasteiger partial charge is 0.164 e. The molecule has 76 valence electrons. The first-order valence-corrected chi connectivity index (χ1v) is 4.56. The molecule has 0 radical (unpaired) electrons. The maximum atomic E-state index is 13.3. The van der Waals surface area contributed by atoms with Crippen molar-refractivity contribution in [1.29, 1.82) is 0 Å². The van der Waals surface area contributed by atoms with Gasteiger partial charge in [0.1, 0.15) is 5.75 Å². The molecule has 2 nitrogen and oxygen atoms in total. The maximum Gasteiger partial charge on any atom is 0.164 e. The van der Waals surface area contributed by atoms with E-state index in [1.54, 1.807) is 0 Å². The van der Waals surface area contributed by atoms with Crippen LogP contribution >= 0.6 is 0 Å². The van der Waals surface area contributed by atoms with Gasteiger partial charge in [0.25, 0.3) is 0 Å². The number of aromatic hydroxyl groups is 1.